The maximum Gasteiger partial charge on any atom is 0.0921 e. The van der Waals surface area contributed by atoms with E-state index in [0.29, 0.717) is 5.92 Å². The Hall–Kier alpha value is -1.97. The van der Waals surface area contributed by atoms with Gasteiger partial charge in [0.15, 0.2) is 0 Å². The molecule has 18 heavy (non-hydrogen) atoms. The van der Waals surface area contributed by atoms with Crippen molar-refractivity contribution in [3.8, 4) is 0 Å². The van der Waals surface area contributed by atoms with E-state index in [1.807, 2.05) is 18.3 Å². The van der Waals surface area contributed by atoms with Crippen LogP contribution in [0, 0.1) is 0 Å². The Morgan fingerprint density at radius 2 is 1.89 bits per heavy atom. The van der Waals surface area contributed by atoms with Crippen molar-refractivity contribution in [3.63, 3.8) is 0 Å². The Bertz CT molecular complexity index is 481. The van der Waals surface area contributed by atoms with Crippen molar-refractivity contribution in [2.24, 2.45) is 0 Å². The van der Waals surface area contributed by atoms with Gasteiger partial charge in [0.2, 0.25) is 0 Å². The predicted molar refractivity (Wildman–Crippen MR) is 73.6 cm³/mol. The van der Waals surface area contributed by atoms with Crippen molar-refractivity contribution in [2.45, 2.75) is 18.8 Å². The van der Waals surface area contributed by atoms with Gasteiger partial charge in [-0.15, -0.1) is 0 Å². The van der Waals surface area contributed by atoms with E-state index >= 15 is 0 Å². The van der Waals surface area contributed by atoms with E-state index in [1.165, 1.54) is 24.2 Å². The number of imidazole rings is 1. The van der Waals surface area contributed by atoms with Crippen molar-refractivity contribution < 1.29 is 0 Å². The number of aromatic amines is 1. The molecule has 4 heteroatoms. The molecule has 1 aromatic carbocycles. The highest BCUT2D eigenvalue weighted by Gasteiger charge is 2.21. The van der Waals surface area contributed by atoms with Crippen molar-refractivity contribution in [2.75, 3.05) is 23.7 Å². The van der Waals surface area contributed by atoms with Gasteiger partial charge in [-0.1, -0.05) is 0 Å². The molecule has 3 rings (SSSR count). The summed E-state index contributed by atoms with van der Waals surface area (Å²) in [4.78, 5) is 9.75. The number of aromatic nitrogens is 2. The molecule has 0 bridgehead atoms. The minimum absolute atomic E-state index is 0.623. The van der Waals surface area contributed by atoms with Crippen LogP contribution in [-0.2, 0) is 0 Å². The van der Waals surface area contributed by atoms with Crippen molar-refractivity contribution >= 4 is 11.4 Å². The number of rotatable bonds is 2. The van der Waals surface area contributed by atoms with E-state index in [0.717, 1.165) is 18.8 Å². The van der Waals surface area contributed by atoms with E-state index in [-0.39, 0.29) is 0 Å². The molecular formula is C14H18N4. The second kappa shape index (κ2) is 4.72. The molecule has 1 saturated heterocycles. The highest BCUT2D eigenvalue weighted by atomic mass is 15.1. The van der Waals surface area contributed by atoms with Crippen LogP contribution in [0.15, 0.2) is 36.8 Å². The molecular weight excluding hydrogens is 224 g/mol. The number of nitrogen functional groups attached to an aromatic ring is 1. The molecule has 0 saturated carbocycles. The molecule has 0 amide bonds. The van der Waals surface area contributed by atoms with Gasteiger partial charge in [-0.05, 0) is 37.1 Å². The van der Waals surface area contributed by atoms with Gasteiger partial charge in [-0.2, -0.15) is 0 Å². The summed E-state index contributed by atoms with van der Waals surface area (Å²) in [6.45, 7) is 2.18. The van der Waals surface area contributed by atoms with Crippen LogP contribution in [0.3, 0.4) is 0 Å². The van der Waals surface area contributed by atoms with Crippen LogP contribution in [0.4, 0.5) is 11.4 Å². The first-order chi connectivity index (χ1) is 8.83. The maximum atomic E-state index is 5.71. The fraction of sp³-hybridized carbons (Fsp3) is 0.357. The van der Waals surface area contributed by atoms with Crippen LogP contribution < -0.4 is 10.6 Å². The van der Waals surface area contributed by atoms with Gasteiger partial charge in [0.1, 0.15) is 0 Å². The van der Waals surface area contributed by atoms with Gasteiger partial charge in [0.05, 0.1) is 6.33 Å². The van der Waals surface area contributed by atoms with Gasteiger partial charge in [0.25, 0.3) is 0 Å². The third-order valence-corrected chi connectivity index (χ3v) is 3.71. The lowest BCUT2D eigenvalue weighted by Gasteiger charge is -2.33. The van der Waals surface area contributed by atoms with Crippen molar-refractivity contribution in [1.29, 1.82) is 0 Å². The predicted octanol–water partition coefficient (Wildman–Crippen LogP) is 2.38. The van der Waals surface area contributed by atoms with Crippen LogP contribution in [0.1, 0.15) is 24.5 Å². The number of hydrogen-bond donors (Lipinski definition) is 2. The van der Waals surface area contributed by atoms with Gasteiger partial charge in [-0.25, -0.2) is 4.98 Å². The minimum Gasteiger partial charge on any atom is -0.399 e. The zero-order valence-electron chi connectivity index (χ0n) is 10.3. The van der Waals surface area contributed by atoms with Gasteiger partial charge in [-0.3, -0.25) is 0 Å². The largest absolute Gasteiger partial charge is 0.399 e. The quantitative estimate of drug-likeness (QED) is 0.795. The molecule has 3 N–H and O–H groups in total. The average molecular weight is 242 g/mol. The summed E-state index contributed by atoms with van der Waals surface area (Å²) in [5.41, 5.74) is 9.08. The topological polar surface area (TPSA) is 57.9 Å². The Morgan fingerprint density at radius 1 is 1.17 bits per heavy atom. The fourth-order valence-electron chi connectivity index (χ4n) is 2.62. The van der Waals surface area contributed by atoms with Crippen molar-refractivity contribution in [3.05, 3.63) is 42.5 Å². The molecule has 2 heterocycles. The summed E-state index contributed by atoms with van der Waals surface area (Å²) in [6.07, 6.45) is 6.06. The Balaban J connectivity index is 1.65. The van der Waals surface area contributed by atoms with E-state index in [1.54, 1.807) is 6.33 Å². The molecule has 0 atom stereocenters. The molecule has 0 spiro atoms. The first-order valence-electron chi connectivity index (χ1n) is 6.42. The lowest BCUT2D eigenvalue weighted by molar-refractivity contribution is 0.498. The first kappa shape index (κ1) is 11.1. The number of piperidine rings is 1. The first-order valence-corrected chi connectivity index (χ1v) is 6.42. The number of H-pyrrole nitrogens is 1. The van der Waals surface area contributed by atoms with E-state index in [2.05, 4.69) is 27.0 Å². The second-order valence-electron chi connectivity index (χ2n) is 4.86. The van der Waals surface area contributed by atoms with Crippen molar-refractivity contribution in [1.82, 2.24) is 9.97 Å². The van der Waals surface area contributed by atoms with Crippen LogP contribution in [0.5, 0.6) is 0 Å². The normalized spacial score (nSPS) is 17.0. The third-order valence-electron chi connectivity index (χ3n) is 3.71. The van der Waals surface area contributed by atoms with Crippen LogP contribution >= 0.6 is 0 Å². The highest BCUT2D eigenvalue weighted by molar-refractivity contribution is 5.53. The molecule has 2 aromatic rings. The molecule has 1 aliphatic heterocycles. The number of nitrogens with zero attached hydrogens (tertiary/aromatic N) is 2. The summed E-state index contributed by atoms with van der Waals surface area (Å²) in [6, 6.07) is 8.14. The minimum atomic E-state index is 0.623. The summed E-state index contributed by atoms with van der Waals surface area (Å²) in [7, 11) is 0. The molecule has 1 aromatic heterocycles. The van der Waals surface area contributed by atoms with Gasteiger partial charge in [0, 0.05) is 42.3 Å². The van der Waals surface area contributed by atoms with E-state index in [4.69, 9.17) is 5.73 Å². The summed E-state index contributed by atoms with van der Waals surface area (Å²) >= 11 is 0. The number of nitrogens with two attached hydrogens (primary N) is 1. The number of anilines is 2. The summed E-state index contributed by atoms with van der Waals surface area (Å²) in [5, 5.41) is 0. The lowest BCUT2D eigenvalue weighted by Crippen LogP contribution is -2.32. The van der Waals surface area contributed by atoms with Crippen LogP contribution in [0.2, 0.25) is 0 Å². The standard InChI is InChI=1S/C14H18N4/c15-12-1-3-13(4-2-12)18-7-5-11(6-8-18)14-9-16-10-17-14/h1-4,9-11H,5-8,15H2,(H,16,17). The Kier molecular flexibility index (Phi) is 2.92. The smallest absolute Gasteiger partial charge is 0.0921 e. The number of hydrogen-bond acceptors (Lipinski definition) is 3. The number of benzene rings is 1. The monoisotopic (exact) mass is 242 g/mol. The van der Waals surface area contributed by atoms with E-state index < -0.39 is 0 Å². The third kappa shape index (κ3) is 2.18. The zero-order valence-corrected chi connectivity index (χ0v) is 10.3. The zero-order chi connectivity index (χ0) is 12.4. The highest BCUT2D eigenvalue weighted by Crippen LogP contribution is 2.29. The van der Waals surface area contributed by atoms with E-state index in [9.17, 15) is 0 Å². The molecule has 1 aliphatic rings. The molecule has 94 valence electrons. The number of nitrogens with one attached hydrogen (secondary N) is 1. The molecule has 0 radical (unpaired) electrons. The van der Waals surface area contributed by atoms with Gasteiger partial charge < -0.3 is 15.6 Å². The molecule has 0 unspecified atom stereocenters. The summed E-state index contributed by atoms with van der Waals surface area (Å²) < 4.78 is 0. The average Bonchev–Trinajstić information content (AvgIpc) is 2.94. The Labute approximate surface area is 107 Å². The SMILES string of the molecule is Nc1ccc(N2CCC(c3cnc[nH]3)CC2)cc1. The molecule has 4 nitrogen and oxygen atoms in total. The van der Waals surface area contributed by atoms with Gasteiger partial charge >= 0.3 is 0 Å². The fourth-order valence-corrected chi connectivity index (χ4v) is 2.62. The maximum absolute atomic E-state index is 5.71. The molecule has 0 aliphatic carbocycles. The van der Waals surface area contributed by atoms with Crippen LogP contribution in [0.25, 0.3) is 0 Å². The second-order valence-corrected chi connectivity index (χ2v) is 4.86. The lowest BCUT2D eigenvalue weighted by atomic mass is 9.94. The Morgan fingerprint density at radius 3 is 2.50 bits per heavy atom. The molecule has 1 fully saturated rings. The summed E-state index contributed by atoms with van der Waals surface area (Å²) in [5.74, 6) is 0.623. The van der Waals surface area contributed by atoms with Crippen LogP contribution in [-0.4, -0.2) is 23.1 Å².